The molecule has 0 aliphatic carbocycles. The minimum atomic E-state index is -0.599. The van der Waals surface area contributed by atoms with Gasteiger partial charge in [-0.2, -0.15) is 0 Å². The fourth-order valence-corrected chi connectivity index (χ4v) is 8.04. The fraction of sp³-hybridized carbons (Fsp3) is 0.341. The van der Waals surface area contributed by atoms with Crippen LogP contribution in [0, 0.1) is 0 Å². The number of piperidine rings is 1. The van der Waals surface area contributed by atoms with Crippen LogP contribution in [0.3, 0.4) is 0 Å². The van der Waals surface area contributed by atoms with Crippen LogP contribution < -0.4 is 19.7 Å². The number of phenolic OH excluding ortho intramolecular Hbond substituents is 1. The number of carbonyl (C=O) groups is 3. The second-order valence-corrected chi connectivity index (χ2v) is 13.9. The average molecular weight is 687 g/mol. The molecule has 4 aliphatic rings. The van der Waals surface area contributed by atoms with Crippen molar-refractivity contribution in [3.05, 3.63) is 119 Å². The Labute approximate surface area is 297 Å². The number of benzene rings is 4. The first kappa shape index (κ1) is 32.8. The third-order valence-corrected chi connectivity index (χ3v) is 10.8. The third kappa shape index (κ3) is 6.76. The van der Waals surface area contributed by atoms with E-state index < -0.39 is 6.04 Å². The minimum absolute atomic E-state index is 0.0938. The van der Waals surface area contributed by atoms with E-state index in [0.717, 1.165) is 67.5 Å². The molecule has 3 atom stereocenters. The summed E-state index contributed by atoms with van der Waals surface area (Å²) in [6.45, 7) is 6.19. The minimum Gasteiger partial charge on any atom is -0.508 e. The van der Waals surface area contributed by atoms with Crippen LogP contribution in [0.4, 0.5) is 5.69 Å². The number of ether oxygens (including phenoxy) is 2. The van der Waals surface area contributed by atoms with Gasteiger partial charge in [0.25, 0.3) is 5.91 Å². The molecule has 10 heteroatoms. The van der Waals surface area contributed by atoms with Crippen molar-refractivity contribution in [1.82, 2.24) is 15.1 Å². The van der Waals surface area contributed by atoms with Crippen molar-refractivity contribution < 1.29 is 29.0 Å². The molecule has 3 amide bonds. The number of fused-ring (bicyclic) bond motifs is 2. The average Bonchev–Trinajstić information content (AvgIpc) is 3.48. The van der Waals surface area contributed by atoms with E-state index in [-0.39, 0.29) is 41.7 Å². The Kier molecular flexibility index (Phi) is 9.08. The Morgan fingerprint density at radius 3 is 2.45 bits per heavy atom. The summed E-state index contributed by atoms with van der Waals surface area (Å²) < 4.78 is 12.3. The number of phenols is 1. The maximum absolute atomic E-state index is 13.1. The summed E-state index contributed by atoms with van der Waals surface area (Å²) in [5.74, 6) is 1.23. The van der Waals surface area contributed by atoms with Crippen LogP contribution in [0.15, 0.2) is 91.0 Å². The molecule has 0 bridgehead atoms. The number of amides is 3. The zero-order valence-electron chi connectivity index (χ0n) is 28.5. The van der Waals surface area contributed by atoms with E-state index in [0.29, 0.717) is 31.7 Å². The van der Waals surface area contributed by atoms with Crippen molar-refractivity contribution in [2.24, 2.45) is 0 Å². The van der Waals surface area contributed by atoms with Crippen LogP contribution in [0.25, 0.3) is 0 Å². The van der Waals surface area contributed by atoms with Gasteiger partial charge in [0.2, 0.25) is 11.8 Å². The van der Waals surface area contributed by atoms with E-state index in [1.807, 2.05) is 24.3 Å². The highest BCUT2D eigenvalue weighted by Gasteiger charge is 2.39. The number of anilines is 1. The van der Waals surface area contributed by atoms with Gasteiger partial charge in [0, 0.05) is 80.4 Å². The largest absolute Gasteiger partial charge is 0.508 e. The first-order valence-corrected chi connectivity index (χ1v) is 17.9. The Hall–Kier alpha value is -5.35. The number of hydrogen-bond acceptors (Lipinski definition) is 8. The highest BCUT2D eigenvalue weighted by molar-refractivity contribution is 6.05. The molecular formula is C41H42N4O6. The quantitative estimate of drug-likeness (QED) is 0.186. The molecule has 2 saturated heterocycles. The summed E-state index contributed by atoms with van der Waals surface area (Å²) in [6.07, 6.45) is 1.54. The highest BCUT2D eigenvalue weighted by Crippen LogP contribution is 2.47. The standard InChI is InChI=1S/C41H42N4O6/c46-31-10-14-34-37(24-31)51-26-35(27-5-2-1-3-6-27)39(34)28-7-11-32(12-8-28)50-22-4-17-43-18-20-44(21-19-43)30-9-13-33-29(23-30)25-45(41(33)49)36-15-16-38(47)42-40(36)48/h1-3,5-14,23-24,35-36,39,46H,4,15-22,25-26H2,(H,42,47,48)/t35-,36?,39?/m1/s1. The third-order valence-electron chi connectivity index (χ3n) is 10.8. The molecule has 2 N–H and O–H groups in total. The molecule has 0 aromatic heterocycles. The molecule has 8 rings (SSSR count). The van der Waals surface area contributed by atoms with Crippen LogP contribution in [0.5, 0.6) is 17.2 Å². The highest BCUT2D eigenvalue weighted by atomic mass is 16.5. The lowest BCUT2D eigenvalue weighted by molar-refractivity contribution is -0.136. The summed E-state index contributed by atoms with van der Waals surface area (Å²) in [5, 5.41) is 12.4. The van der Waals surface area contributed by atoms with Gasteiger partial charge < -0.3 is 24.4 Å². The number of aromatic hydroxyl groups is 1. The fourth-order valence-electron chi connectivity index (χ4n) is 8.04. The van der Waals surface area contributed by atoms with Gasteiger partial charge in [-0.15, -0.1) is 0 Å². The number of piperazine rings is 1. The number of carbonyl (C=O) groups excluding carboxylic acids is 3. The predicted octanol–water partition coefficient (Wildman–Crippen LogP) is 5.05. The molecule has 0 saturated carbocycles. The topological polar surface area (TPSA) is 112 Å². The summed E-state index contributed by atoms with van der Waals surface area (Å²) in [6, 6.07) is 29.7. The Balaban J connectivity index is 0.823. The van der Waals surface area contributed by atoms with Crippen LogP contribution in [0.1, 0.15) is 63.7 Å². The molecule has 4 aliphatic heterocycles. The van der Waals surface area contributed by atoms with Crippen molar-refractivity contribution >= 4 is 23.4 Å². The van der Waals surface area contributed by atoms with Gasteiger partial charge in [0.05, 0.1) is 13.2 Å². The number of nitrogens with zero attached hydrogens (tertiary/aromatic N) is 3. The number of imide groups is 1. The van der Waals surface area contributed by atoms with Crippen LogP contribution >= 0.6 is 0 Å². The van der Waals surface area contributed by atoms with Crippen molar-refractivity contribution in [3.63, 3.8) is 0 Å². The lowest BCUT2D eigenvalue weighted by Crippen LogP contribution is -2.52. The summed E-state index contributed by atoms with van der Waals surface area (Å²) in [5.41, 5.74) is 6.15. The Morgan fingerprint density at radius 2 is 1.67 bits per heavy atom. The second-order valence-electron chi connectivity index (χ2n) is 13.9. The van der Waals surface area contributed by atoms with Crippen LogP contribution in [0.2, 0.25) is 0 Å². The summed E-state index contributed by atoms with van der Waals surface area (Å²) in [7, 11) is 0. The smallest absolute Gasteiger partial charge is 0.255 e. The van der Waals surface area contributed by atoms with Gasteiger partial charge in [0.15, 0.2) is 0 Å². The van der Waals surface area contributed by atoms with Gasteiger partial charge in [-0.25, -0.2) is 0 Å². The van der Waals surface area contributed by atoms with E-state index in [4.69, 9.17) is 9.47 Å². The molecule has 51 heavy (non-hydrogen) atoms. The molecule has 4 aromatic carbocycles. The van der Waals surface area contributed by atoms with Gasteiger partial charge in [-0.3, -0.25) is 24.6 Å². The normalized spacial score (nSPS) is 21.9. The zero-order valence-corrected chi connectivity index (χ0v) is 28.5. The Bertz CT molecular complexity index is 1920. The summed E-state index contributed by atoms with van der Waals surface area (Å²) >= 11 is 0. The van der Waals surface area contributed by atoms with Crippen molar-refractivity contribution in [2.45, 2.75) is 43.7 Å². The number of rotatable bonds is 9. The van der Waals surface area contributed by atoms with Crippen molar-refractivity contribution in [1.29, 1.82) is 0 Å². The number of nitrogens with one attached hydrogen (secondary N) is 1. The van der Waals surface area contributed by atoms with E-state index in [2.05, 4.69) is 69.7 Å². The van der Waals surface area contributed by atoms with Crippen LogP contribution in [-0.2, 0) is 16.1 Å². The second kappa shape index (κ2) is 14.1. The molecule has 2 fully saturated rings. The van der Waals surface area contributed by atoms with Gasteiger partial charge in [-0.1, -0.05) is 48.5 Å². The first-order chi connectivity index (χ1) is 24.9. The maximum atomic E-state index is 13.1. The van der Waals surface area contributed by atoms with Gasteiger partial charge in [0.1, 0.15) is 23.3 Å². The molecule has 2 unspecified atom stereocenters. The molecule has 4 aromatic rings. The van der Waals surface area contributed by atoms with Crippen molar-refractivity contribution in [3.8, 4) is 17.2 Å². The van der Waals surface area contributed by atoms with Crippen LogP contribution in [-0.4, -0.2) is 84.6 Å². The maximum Gasteiger partial charge on any atom is 0.255 e. The lowest BCUT2D eigenvalue weighted by Gasteiger charge is -2.36. The predicted molar refractivity (Wildman–Crippen MR) is 192 cm³/mol. The molecule has 0 spiro atoms. The van der Waals surface area contributed by atoms with E-state index in [1.54, 1.807) is 17.0 Å². The lowest BCUT2D eigenvalue weighted by atomic mass is 9.76. The van der Waals surface area contributed by atoms with Crippen molar-refractivity contribution in [2.75, 3.05) is 50.8 Å². The Morgan fingerprint density at radius 1 is 0.863 bits per heavy atom. The summed E-state index contributed by atoms with van der Waals surface area (Å²) in [4.78, 5) is 43.5. The van der Waals surface area contributed by atoms with E-state index >= 15 is 0 Å². The van der Waals surface area contributed by atoms with E-state index in [9.17, 15) is 19.5 Å². The number of hydrogen-bond donors (Lipinski definition) is 2. The SMILES string of the molecule is O=C1CCC(N2Cc3cc(N4CCN(CCCOc5ccc(C6c7ccc(O)cc7OC[C@@H]6c6ccccc6)cc5)CC4)ccc3C2=O)C(=O)N1. The monoisotopic (exact) mass is 686 g/mol. The van der Waals surface area contributed by atoms with Gasteiger partial charge in [-0.05, 0) is 65.9 Å². The molecular weight excluding hydrogens is 644 g/mol. The zero-order chi connectivity index (χ0) is 34.9. The molecule has 262 valence electrons. The van der Waals surface area contributed by atoms with E-state index in [1.165, 1.54) is 11.1 Å². The molecule has 10 nitrogen and oxygen atoms in total. The first-order valence-electron chi connectivity index (χ1n) is 17.9. The molecule has 0 radical (unpaired) electrons. The molecule has 4 heterocycles. The van der Waals surface area contributed by atoms with Gasteiger partial charge >= 0.3 is 0 Å².